The smallest absolute Gasteiger partial charge is 0.296 e. The highest BCUT2D eigenvalue weighted by atomic mass is 79.9. The Labute approximate surface area is 101 Å². The monoisotopic (exact) mass is 291 g/mol. The van der Waals surface area contributed by atoms with Crippen LogP contribution in [-0.2, 0) is 0 Å². The normalized spacial score (nSPS) is 24.1. The molecular weight excluding hydrogens is 280 g/mol. The third-order valence-corrected chi connectivity index (χ3v) is 3.04. The lowest BCUT2D eigenvalue weighted by molar-refractivity contribution is -0.108. The van der Waals surface area contributed by atoms with Gasteiger partial charge in [-0.15, -0.1) is 0 Å². The Kier molecular flexibility index (Phi) is 3.44. The van der Waals surface area contributed by atoms with Gasteiger partial charge in [0, 0.05) is 10.9 Å². The van der Waals surface area contributed by atoms with Crippen LogP contribution in [0.2, 0.25) is 0 Å². The molecule has 1 saturated heterocycles. The number of rotatable bonds is 2. The molecule has 1 heterocycles. The first kappa shape index (κ1) is 11.8. The minimum absolute atomic E-state index is 0.311. The van der Waals surface area contributed by atoms with Crippen molar-refractivity contribution < 1.29 is 13.5 Å². The van der Waals surface area contributed by atoms with Crippen molar-refractivity contribution >= 4 is 15.9 Å². The van der Waals surface area contributed by atoms with Gasteiger partial charge in [0.2, 0.25) is 0 Å². The zero-order valence-corrected chi connectivity index (χ0v) is 10.1. The molecule has 5 heteroatoms. The molecule has 1 aliphatic rings. The second-order valence-electron chi connectivity index (χ2n) is 3.79. The van der Waals surface area contributed by atoms with E-state index in [0.29, 0.717) is 18.7 Å². The van der Waals surface area contributed by atoms with Gasteiger partial charge in [0.05, 0.1) is 6.54 Å². The van der Waals surface area contributed by atoms with Gasteiger partial charge in [-0.3, -0.25) is 0 Å². The van der Waals surface area contributed by atoms with E-state index < -0.39 is 12.0 Å². The van der Waals surface area contributed by atoms with Crippen molar-refractivity contribution in [2.75, 3.05) is 13.1 Å². The van der Waals surface area contributed by atoms with Crippen LogP contribution in [-0.4, -0.2) is 25.1 Å². The average Bonchev–Trinajstić information content (AvgIpc) is 2.24. The van der Waals surface area contributed by atoms with Crippen LogP contribution in [0.3, 0.4) is 0 Å². The molecule has 1 aromatic carbocycles. The molecule has 0 spiro atoms. The van der Waals surface area contributed by atoms with Gasteiger partial charge < -0.3 is 10.1 Å². The van der Waals surface area contributed by atoms with Gasteiger partial charge in [-0.25, -0.2) is 8.78 Å². The van der Waals surface area contributed by atoms with Gasteiger partial charge >= 0.3 is 0 Å². The van der Waals surface area contributed by atoms with E-state index in [4.69, 9.17) is 4.74 Å². The van der Waals surface area contributed by atoms with E-state index in [0.717, 1.165) is 4.47 Å². The zero-order valence-electron chi connectivity index (χ0n) is 8.55. The van der Waals surface area contributed by atoms with Crippen molar-refractivity contribution in [3.05, 3.63) is 28.7 Å². The Morgan fingerprint density at radius 3 is 2.62 bits per heavy atom. The second-order valence-corrected chi connectivity index (χ2v) is 4.70. The molecule has 0 unspecified atom stereocenters. The largest absolute Gasteiger partial charge is 0.484 e. The van der Waals surface area contributed by atoms with Crippen LogP contribution in [0.1, 0.15) is 6.42 Å². The lowest BCUT2D eigenvalue weighted by atomic mass is 10.1. The van der Waals surface area contributed by atoms with E-state index in [1.165, 1.54) is 0 Å². The molecule has 0 radical (unpaired) electrons. The molecule has 0 bridgehead atoms. The quantitative estimate of drug-likeness (QED) is 0.905. The Hall–Kier alpha value is -0.680. The van der Waals surface area contributed by atoms with Crippen molar-refractivity contribution in [1.29, 1.82) is 0 Å². The summed E-state index contributed by atoms with van der Waals surface area (Å²) in [5.41, 5.74) is 0. The number of hydrogen-bond donors (Lipinski definition) is 1. The topological polar surface area (TPSA) is 21.3 Å². The highest BCUT2D eigenvalue weighted by molar-refractivity contribution is 9.10. The summed E-state index contributed by atoms with van der Waals surface area (Å²) in [4.78, 5) is 0. The van der Waals surface area contributed by atoms with Crippen LogP contribution >= 0.6 is 15.9 Å². The molecular formula is C11H12BrF2NO. The molecule has 0 aromatic heterocycles. The first-order chi connectivity index (χ1) is 7.58. The van der Waals surface area contributed by atoms with Crippen LogP contribution in [0.25, 0.3) is 0 Å². The van der Waals surface area contributed by atoms with E-state index in [-0.39, 0.29) is 6.54 Å². The molecule has 1 atom stereocenters. The fourth-order valence-electron chi connectivity index (χ4n) is 1.64. The highest BCUT2D eigenvalue weighted by Crippen LogP contribution is 2.28. The SMILES string of the molecule is FC1(F)CNCC[C@@H]1Oc1ccc(Br)cc1. The van der Waals surface area contributed by atoms with Crippen molar-refractivity contribution in [1.82, 2.24) is 5.32 Å². The third kappa shape index (κ3) is 2.71. The summed E-state index contributed by atoms with van der Waals surface area (Å²) in [6, 6.07) is 6.91. The number of benzene rings is 1. The Morgan fingerprint density at radius 2 is 2.00 bits per heavy atom. The molecule has 1 aromatic rings. The Bertz CT molecular complexity index is 356. The average molecular weight is 292 g/mol. The maximum absolute atomic E-state index is 13.4. The molecule has 2 nitrogen and oxygen atoms in total. The number of piperidine rings is 1. The maximum atomic E-state index is 13.4. The van der Waals surface area contributed by atoms with Crippen molar-refractivity contribution in [2.24, 2.45) is 0 Å². The molecule has 0 aliphatic carbocycles. The lowest BCUT2D eigenvalue weighted by Crippen LogP contribution is -2.52. The number of ether oxygens (including phenoxy) is 1. The number of hydrogen-bond acceptors (Lipinski definition) is 2. The summed E-state index contributed by atoms with van der Waals surface area (Å²) in [5.74, 6) is -2.32. The molecule has 0 saturated carbocycles. The predicted octanol–water partition coefficient (Wildman–Crippen LogP) is 2.83. The zero-order chi connectivity index (χ0) is 11.6. The fourth-order valence-corrected chi connectivity index (χ4v) is 1.90. The van der Waals surface area contributed by atoms with Crippen molar-refractivity contribution in [3.63, 3.8) is 0 Å². The molecule has 88 valence electrons. The third-order valence-electron chi connectivity index (χ3n) is 2.51. The highest BCUT2D eigenvalue weighted by Gasteiger charge is 2.43. The van der Waals surface area contributed by atoms with E-state index in [2.05, 4.69) is 21.2 Å². The van der Waals surface area contributed by atoms with Gasteiger partial charge in [-0.1, -0.05) is 15.9 Å². The van der Waals surface area contributed by atoms with Gasteiger partial charge in [0.15, 0.2) is 6.10 Å². The molecule has 2 rings (SSSR count). The Balaban J connectivity index is 2.05. The summed E-state index contributed by atoms with van der Waals surface area (Å²) in [6.07, 6.45) is -0.710. The van der Waals surface area contributed by atoms with E-state index in [1.807, 2.05) is 0 Å². The van der Waals surface area contributed by atoms with Gasteiger partial charge in [0.25, 0.3) is 5.92 Å². The van der Waals surface area contributed by atoms with Crippen LogP contribution in [0.4, 0.5) is 8.78 Å². The minimum Gasteiger partial charge on any atom is -0.484 e. The fraction of sp³-hybridized carbons (Fsp3) is 0.455. The predicted molar refractivity (Wildman–Crippen MR) is 61.0 cm³/mol. The van der Waals surface area contributed by atoms with Crippen LogP contribution in [0.5, 0.6) is 5.75 Å². The van der Waals surface area contributed by atoms with Crippen molar-refractivity contribution in [2.45, 2.75) is 18.4 Å². The summed E-state index contributed by atoms with van der Waals surface area (Å²) in [6.45, 7) is 0.255. The summed E-state index contributed by atoms with van der Waals surface area (Å²) in [7, 11) is 0. The first-order valence-electron chi connectivity index (χ1n) is 5.09. The van der Waals surface area contributed by atoms with E-state index in [9.17, 15) is 8.78 Å². The van der Waals surface area contributed by atoms with Gasteiger partial charge in [-0.05, 0) is 30.8 Å². The van der Waals surface area contributed by atoms with Gasteiger partial charge in [-0.2, -0.15) is 0 Å². The Morgan fingerprint density at radius 1 is 1.31 bits per heavy atom. The van der Waals surface area contributed by atoms with E-state index in [1.54, 1.807) is 24.3 Å². The molecule has 0 amide bonds. The van der Waals surface area contributed by atoms with Crippen LogP contribution < -0.4 is 10.1 Å². The lowest BCUT2D eigenvalue weighted by Gasteiger charge is -2.32. The summed E-state index contributed by atoms with van der Waals surface area (Å²) < 4.78 is 33.1. The van der Waals surface area contributed by atoms with Crippen LogP contribution in [0.15, 0.2) is 28.7 Å². The van der Waals surface area contributed by atoms with Gasteiger partial charge in [0.1, 0.15) is 5.75 Å². The first-order valence-corrected chi connectivity index (χ1v) is 5.88. The maximum Gasteiger partial charge on any atom is 0.296 e. The molecule has 1 aliphatic heterocycles. The number of halogens is 3. The minimum atomic E-state index is -2.80. The molecule has 16 heavy (non-hydrogen) atoms. The summed E-state index contributed by atoms with van der Waals surface area (Å²) in [5, 5.41) is 2.66. The number of nitrogens with one attached hydrogen (secondary N) is 1. The number of alkyl halides is 2. The van der Waals surface area contributed by atoms with E-state index >= 15 is 0 Å². The second kappa shape index (κ2) is 4.67. The van der Waals surface area contributed by atoms with Crippen LogP contribution in [0, 0.1) is 0 Å². The summed E-state index contributed by atoms with van der Waals surface area (Å²) >= 11 is 3.28. The van der Waals surface area contributed by atoms with Crippen molar-refractivity contribution in [3.8, 4) is 5.75 Å². The molecule has 1 N–H and O–H groups in total. The molecule has 1 fully saturated rings. The standard InChI is InChI=1S/C11H12BrF2NO/c12-8-1-3-9(4-2-8)16-10-5-6-15-7-11(10,13)14/h1-4,10,15H,5-7H2/t10-/m0/s1.